The molecule has 0 aliphatic carbocycles. The van der Waals surface area contributed by atoms with E-state index in [4.69, 9.17) is 0 Å². The van der Waals surface area contributed by atoms with Gasteiger partial charge in [-0.3, -0.25) is 0 Å². The van der Waals surface area contributed by atoms with E-state index in [1.807, 2.05) is 0 Å². The summed E-state index contributed by atoms with van der Waals surface area (Å²) in [4.78, 5) is 0. The van der Waals surface area contributed by atoms with E-state index in [9.17, 15) is 5.11 Å². The van der Waals surface area contributed by atoms with Crippen LogP contribution in [0.4, 0.5) is 0 Å². The Morgan fingerprint density at radius 3 is 2.33 bits per heavy atom. The Labute approximate surface area is 79.4 Å². The normalized spacial score (nSPS) is 19.8. The van der Waals surface area contributed by atoms with Gasteiger partial charge in [-0.1, -0.05) is 39.8 Å². The summed E-state index contributed by atoms with van der Waals surface area (Å²) in [5, 5.41) is 9.92. The monoisotopic (exact) mass is 188 g/mol. The first kappa shape index (κ1) is 12.2. The maximum absolute atomic E-state index is 9.92. The molecule has 0 bridgehead atoms. The van der Waals surface area contributed by atoms with Gasteiger partial charge in [0.2, 0.25) is 0 Å². The highest BCUT2D eigenvalue weighted by atomic mass is 28.2. The molecule has 0 spiro atoms. The average molecular weight is 188 g/mol. The molecule has 0 aromatic heterocycles. The van der Waals surface area contributed by atoms with Gasteiger partial charge in [-0.05, 0) is 18.3 Å². The largest absolute Gasteiger partial charge is 0.393 e. The minimum absolute atomic E-state index is 0.0695. The lowest BCUT2D eigenvalue weighted by atomic mass is 9.81. The summed E-state index contributed by atoms with van der Waals surface area (Å²) in [5.41, 5.74) is 0.219. The summed E-state index contributed by atoms with van der Waals surface area (Å²) in [7, 11) is 0.0791. The summed E-state index contributed by atoms with van der Waals surface area (Å²) in [5.74, 6) is 0. The van der Waals surface area contributed by atoms with Gasteiger partial charge in [0.05, 0.1) is 6.10 Å². The van der Waals surface area contributed by atoms with Crippen LogP contribution in [0.15, 0.2) is 0 Å². The number of hydrogen-bond acceptors (Lipinski definition) is 1. The molecule has 0 aliphatic rings. The third kappa shape index (κ3) is 3.28. The maximum atomic E-state index is 9.92. The summed E-state index contributed by atoms with van der Waals surface area (Å²) in [6.45, 7) is 8.90. The van der Waals surface area contributed by atoms with Crippen molar-refractivity contribution >= 4 is 9.52 Å². The summed E-state index contributed by atoms with van der Waals surface area (Å²) in [6, 6.07) is 1.28. The van der Waals surface area contributed by atoms with Crippen LogP contribution in [0.25, 0.3) is 0 Å². The van der Waals surface area contributed by atoms with Gasteiger partial charge in [-0.15, -0.1) is 0 Å². The molecule has 0 aromatic rings. The van der Waals surface area contributed by atoms with E-state index in [2.05, 4.69) is 27.3 Å². The molecule has 0 heterocycles. The van der Waals surface area contributed by atoms with Gasteiger partial charge in [0.15, 0.2) is 0 Å². The zero-order valence-corrected chi connectivity index (χ0v) is 10.5. The summed E-state index contributed by atoms with van der Waals surface area (Å²) < 4.78 is 0. The highest BCUT2D eigenvalue weighted by Gasteiger charge is 2.29. The predicted octanol–water partition coefficient (Wildman–Crippen LogP) is 2.20. The average Bonchev–Trinajstić information content (AvgIpc) is 2.05. The number of aliphatic hydroxyl groups is 1. The van der Waals surface area contributed by atoms with Crippen LogP contribution in [-0.4, -0.2) is 20.7 Å². The number of hydrogen-bond donors (Lipinski definition) is 1. The van der Waals surface area contributed by atoms with E-state index in [-0.39, 0.29) is 21.0 Å². The minimum Gasteiger partial charge on any atom is -0.393 e. The highest BCUT2D eigenvalue weighted by molar-refractivity contribution is 6.33. The van der Waals surface area contributed by atoms with Crippen LogP contribution < -0.4 is 0 Å². The van der Waals surface area contributed by atoms with Gasteiger partial charge in [0.25, 0.3) is 0 Å². The molecule has 0 rings (SSSR count). The molecule has 0 aromatic carbocycles. The first-order valence-electron chi connectivity index (χ1n) is 5.28. The van der Waals surface area contributed by atoms with Crippen molar-refractivity contribution in [1.82, 2.24) is 0 Å². The van der Waals surface area contributed by atoms with Crippen LogP contribution in [0, 0.1) is 5.41 Å². The molecule has 2 heteroatoms. The Morgan fingerprint density at radius 1 is 1.42 bits per heavy atom. The molecular weight excluding hydrogens is 164 g/mol. The quantitative estimate of drug-likeness (QED) is 0.634. The first-order valence-corrected chi connectivity index (χ1v) is 7.70. The molecule has 1 nitrogen and oxygen atoms in total. The second-order valence-electron chi connectivity index (χ2n) is 4.06. The van der Waals surface area contributed by atoms with E-state index in [0.717, 1.165) is 19.3 Å². The molecule has 74 valence electrons. The fraction of sp³-hybridized carbons (Fsp3) is 1.00. The number of rotatable bonds is 6. The van der Waals surface area contributed by atoms with Crippen LogP contribution in [0.3, 0.4) is 0 Å². The van der Waals surface area contributed by atoms with E-state index >= 15 is 0 Å². The van der Waals surface area contributed by atoms with Crippen molar-refractivity contribution in [3.63, 3.8) is 0 Å². The summed E-state index contributed by atoms with van der Waals surface area (Å²) in [6.07, 6.45) is 3.12. The first-order chi connectivity index (χ1) is 5.60. The molecule has 0 fully saturated rings. The van der Waals surface area contributed by atoms with Gasteiger partial charge in [0, 0.05) is 9.52 Å². The van der Waals surface area contributed by atoms with Crippen LogP contribution in [-0.2, 0) is 0 Å². The zero-order valence-electron chi connectivity index (χ0n) is 9.06. The molecule has 2 unspecified atom stereocenters. The topological polar surface area (TPSA) is 20.2 Å². The second kappa shape index (κ2) is 5.76. The van der Waals surface area contributed by atoms with Crippen molar-refractivity contribution in [2.75, 3.05) is 0 Å². The van der Waals surface area contributed by atoms with Crippen LogP contribution in [0.5, 0.6) is 0 Å². The molecule has 0 saturated heterocycles. The van der Waals surface area contributed by atoms with Crippen molar-refractivity contribution in [2.45, 2.75) is 58.7 Å². The van der Waals surface area contributed by atoms with Gasteiger partial charge in [0.1, 0.15) is 0 Å². The van der Waals surface area contributed by atoms with Crippen molar-refractivity contribution in [2.24, 2.45) is 5.41 Å². The molecule has 12 heavy (non-hydrogen) atoms. The fourth-order valence-corrected chi connectivity index (χ4v) is 3.60. The molecule has 0 aliphatic heterocycles. The van der Waals surface area contributed by atoms with Crippen molar-refractivity contribution in [1.29, 1.82) is 0 Å². The van der Waals surface area contributed by atoms with E-state index in [0.29, 0.717) is 0 Å². The zero-order chi connectivity index (χ0) is 9.61. The minimum atomic E-state index is -0.0695. The van der Waals surface area contributed by atoms with Crippen molar-refractivity contribution in [3.05, 3.63) is 0 Å². The van der Waals surface area contributed by atoms with E-state index in [1.165, 1.54) is 6.04 Å². The molecule has 1 N–H and O–H groups in total. The van der Waals surface area contributed by atoms with E-state index in [1.54, 1.807) is 0 Å². The van der Waals surface area contributed by atoms with Gasteiger partial charge >= 0.3 is 0 Å². The third-order valence-corrected chi connectivity index (χ3v) is 4.64. The standard InChI is InChI=1S/C10H24OSi/c1-5-7-9(11)10(3,6-2)8-12-4/h9,11H,5-8,12H2,1-4H3. The molecule has 0 saturated carbocycles. The smallest absolute Gasteiger partial charge is 0.0590 e. The number of aliphatic hydroxyl groups excluding tert-OH is 1. The third-order valence-electron chi connectivity index (χ3n) is 3.00. The predicted molar refractivity (Wildman–Crippen MR) is 58.5 cm³/mol. The molecular formula is C10H24OSi. The Kier molecular flexibility index (Phi) is 5.84. The lowest BCUT2D eigenvalue weighted by Gasteiger charge is -2.33. The lowest BCUT2D eigenvalue weighted by molar-refractivity contribution is 0.0401. The lowest BCUT2D eigenvalue weighted by Crippen LogP contribution is -2.32. The Morgan fingerprint density at radius 2 is 2.00 bits per heavy atom. The second-order valence-corrected chi connectivity index (χ2v) is 5.56. The van der Waals surface area contributed by atoms with Gasteiger partial charge in [-0.25, -0.2) is 0 Å². The van der Waals surface area contributed by atoms with Crippen LogP contribution in [0.2, 0.25) is 12.6 Å². The van der Waals surface area contributed by atoms with Crippen molar-refractivity contribution < 1.29 is 5.11 Å². The Hall–Kier alpha value is 0.177. The van der Waals surface area contributed by atoms with Crippen LogP contribution >= 0.6 is 0 Å². The van der Waals surface area contributed by atoms with Crippen molar-refractivity contribution in [3.8, 4) is 0 Å². The Balaban J connectivity index is 4.08. The fourth-order valence-electron chi connectivity index (χ4n) is 1.77. The van der Waals surface area contributed by atoms with Crippen LogP contribution in [0.1, 0.15) is 40.0 Å². The highest BCUT2D eigenvalue weighted by Crippen LogP contribution is 2.32. The molecule has 0 amide bonds. The van der Waals surface area contributed by atoms with E-state index < -0.39 is 0 Å². The summed E-state index contributed by atoms with van der Waals surface area (Å²) >= 11 is 0. The van der Waals surface area contributed by atoms with Gasteiger partial charge < -0.3 is 5.11 Å². The SMILES string of the molecule is CCCC(O)C(C)(CC)C[SiH2]C. The molecule has 0 radical (unpaired) electrons. The maximum Gasteiger partial charge on any atom is 0.0590 e. The Bertz CT molecular complexity index is 116. The molecule has 2 atom stereocenters. The van der Waals surface area contributed by atoms with Gasteiger partial charge in [-0.2, -0.15) is 0 Å².